The second-order valence-electron chi connectivity index (χ2n) is 7.40. The fraction of sp³-hybridized carbons (Fsp3) is 0.632. The van der Waals surface area contributed by atoms with E-state index in [0.717, 1.165) is 48.9 Å². The molecule has 0 spiro atoms. The van der Waals surface area contributed by atoms with Crippen LogP contribution in [0.4, 0.5) is 4.79 Å². The molecule has 4 atom stereocenters. The van der Waals surface area contributed by atoms with Gasteiger partial charge in [-0.15, -0.1) is 0 Å². The molecule has 2 saturated carbocycles. The van der Waals surface area contributed by atoms with E-state index in [0.29, 0.717) is 6.54 Å². The molecule has 1 aromatic rings. The maximum absolute atomic E-state index is 12.4. The van der Waals surface area contributed by atoms with E-state index < -0.39 is 0 Å². The number of urea groups is 1. The lowest BCUT2D eigenvalue weighted by molar-refractivity contribution is 0.203. The SMILES string of the molecule is COc1ccc(CCNC(=O)N2C[C@@H]3[C@@H]4CC[C@@H](C4)[C@@H]3C2)cc1. The number of nitrogens with zero attached hydrogens (tertiary/aromatic N) is 1. The number of amides is 2. The van der Waals surface area contributed by atoms with Crippen LogP contribution >= 0.6 is 0 Å². The Hall–Kier alpha value is -1.71. The summed E-state index contributed by atoms with van der Waals surface area (Å²) in [5, 5.41) is 3.10. The van der Waals surface area contributed by atoms with Gasteiger partial charge in [-0.2, -0.15) is 0 Å². The second kappa shape index (κ2) is 6.06. The van der Waals surface area contributed by atoms with Crippen LogP contribution < -0.4 is 10.1 Å². The predicted octanol–water partition coefficient (Wildman–Crippen LogP) is 2.93. The largest absolute Gasteiger partial charge is 0.497 e. The Morgan fingerprint density at radius 1 is 1.17 bits per heavy atom. The number of rotatable bonds is 4. The highest BCUT2D eigenvalue weighted by Crippen LogP contribution is 2.55. The van der Waals surface area contributed by atoms with Gasteiger partial charge in [0.2, 0.25) is 0 Å². The molecular formula is C19H26N2O2. The molecule has 2 bridgehead atoms. The molecule has 1 N–H and O–H groups in total. The number of hydrogen-bond acceptors (Lipinski definition) is 2. The lowest BCUT2D eigenvalue weighted by Gasteiger charge is -2.22. The molecule has 2 aliphatic carbocycles. The van der Waals surface area contributed by atoms with E-state index in [9.17, 15) is 4.79 Å². The lowest BCUT2D eigenvalue weighted by atomic mass is 9.82. The monoisotopic (exact) mass is 314 g/mol. The van der Waals surface area contributed by atoms with Crippen LogP contribution in [0.15, 0.2) is 24.3 Å². The third kappa shape index (κ3) is 2.79. The minimum absolute atomic E-state index is 0.132. The molecule has 1 saturated heterocycles. The van der Waals surface area contributed by atoms with Gasteiger partial charge in [0, 0.05) is 19.6 Å². The number of fused-ring (bicyclic) bond motifs is 5. The molecule has 3 aliphatic rings. The molecule has 1 aromatic carbocycles. The van der Waals surface area contributed by atoms with Gasteiger partial charge in [0.05, 0.1) is 7.11 Å². The predicted molar refractivity (Wildman–Crippen MR) is 89.5 cm³/mol. The van der Waals surface area contributed by atoms with E-state index in [4.69, 9.17) is 4.74 Å². The van der Waals surface area contributed by atoms with Crippen LogP contribution in [-0.2, 0) is 6.42 Å². The minimum Gasteiger partial charge on any atom is -0.497 e. The van der Waals surface area contributed by atoms with Crippen LogP contribution in [0, 0.1) is 23.7 Å². The van der Waals surface area contributed by atoms with Crippen LogP contribution in [-0.4, -0.2) is 37.7 Å². The first-order valence-corrected chi connectivity index (χ1v) is 8.90. The van der Waals surface area contributed by atoms with Gasteiger partial charge in [0.1, 0.15) is 5.75 Å². The van der Waals surface area contributed by atoms with Crippen LogP contribution in [0.3, 0.4) is 0 Å². The highest BCUT2D eigenvalue weighted by molar-refractivity contribution is 5.74. The maximum atomic E-state index is 12.4. The summed E-state index contributed by atoms with van der Waals surface area (Å²) in [5.74, 6) is 4.27. The number of ether oxygens (including phenoxy) is 1. The first kappa shape index (κ1) is 14.9. The average Bonchev–Trinajstić information content (AvgIpc) is 3.28. The lowest BCUT2D eigenvalue weighted by Crippen LogP contribution is -2.40. The summed E-state index contributed by atoms with van der Waals surface area (Å²) in [7, 11) is 1.67. The molecule has 23 heavy (non-hydrogen) atoms. The van der Waals surface area contributed by atoms with E-state index in [-0.39, 0.29) is 6.03 Å². The van der Waals surface area contributed by atoms with Gasteiger partial charge < -0.3 is 15.0 Å². The summed E-state index contributed by atoms with van der Waals surface area (Å²) in [4.78, 5) is 14.5. The van der Waals surface area contributed by atoms with E-state index in [1.54, 1.807) is 7.11 Å². The van der Waals surface area contributed by atoms with E-state index in [1.807, 2.05) is 12.1 Å². The van der Waals surface area contributed by atoms with Gasteiger partial charge in [-0.1, -0.05) is 12.1 Å². The summed E-state index contributed by atoms with van der Waals surface area (Å²) in [6, 6.07) is 8.18. The van der Waals surface area contributed by atoms with Crippen molar-refractivity contribution in [2.24, 2.45) is 23.7 Å². The Labute approximate surface area is 138 Å². The second-order valence-corrected chi connectivity index (χ2v) is 7.40. The summed E-state index contributed by atoms with van der Waals surface area (Å²) in [5.41, 5.74) is 1.22. The van der Waals surface area contributed by atoms with Crippen molar-refractivity contribution in [1.82, 2.24) is 10.2 Å². The summed E-state index contributed by atoms with van der Waals surface area (Å²) in [6.45, 7) is 2.67. The normalized spacial score (nSPS) is 31.3. The molecule has 0 radical (unpaired) electrons. The molecule has 2 amide bonds. The van der Waals surface area contributed by atoms with Crippen LogP contribution in [0.25, 0.3) is 0 Å². The van der Waals surface area contributed by atoms with E-state index in [1.165, 1.54) is 24.8 Å². The van der Waals surface area contributed by atoms with Crippen LogP contribution in [0.1, 0.15) is 24.8 Å². The molecule has 3 fully saturated rings. The molecule has 1 heterocycles. The minimum atomic E-state index is 0.132. The van der Waals surface area contributed by atoms with Crippen molar-refractivity contribution in [3.8, 4) is 5.75 Å². The van der Waals surface area contributed by atoms with Gasteiger partial charge >= 0.3 is 6.03 Å². The van der Waals surface area contributed by atoms with Gasteiger partial charge in [0.25, 0.3) is 0 Å². The van der Waals surface area contributed by atoms with Crippen molar-refractivity contribution in [3.63, 3.8) is 0 Å². The number of carbonyl (C=O) groups excluding carboxylic acids is 1. The van der Waals surface area contributed by atoms with Gasteiger partial charge in [-0.3, -0.25) is 0 Å². The zero-order chi connectivity index (χ0) is 15.8. The topological polar surface area (TPSA) is 41.6 Å². The fourth-order valence-corrected chi connectivity index (χ4v) is 5.07. The molecule has 0 unspecified atom stereocenters. The Morgan fingerprint density at radius 2 is 1.83 bits per heavy atom. The number of methoxy groups -OCH3 is 1. The van der Waals surface area contributed by atoms with Crippen LogP contribution in [0.2, 0.25) is 0 Å². The van der Waals surface area contributed by atoms with Gasteiger partial charge in [0.15, 0.2) is 0 Å². The third-order valence-electron chi connectivity index (χ3n) is 6.27. The van der Waals surface area contributed by atoms with Crippen molar-refractivity contribution in [3.05, 3.63) is 29.8 Å². The van der Waals surface area contributed by atoms with Gasteiger partial charge in [-0.05, 0) is 67.1 Å². The van der Waals surface area contributed by atoms with Gasteiger partial charge in [-0.25, -0.2) is 4.79 Å². The smallest absolute Gasteiger partial charge is 0.317 e. The van der Waals surface area contributed by atoms with Crippen molar-refractivity contribution >= 4 is 6.03 Å². The number of carbonyl (C=O) groups is 1. The van der Waals surface area contributed by atoms with E-state index >= 15 is 0 Å². The summed E-state index contributed by atoms with van der Waals surface area (Å²) in [6.07, 6.45) is 5.10. The summed E-state index contributed by atoms with van der Waals surface area (Å²) >= 11 is 0. The number of benzene rings is 1. The average molecular weight is 314 g/mol. The van der Waals surface area contributed by atoms with E-state index in [2.05, 4.69) is 22.3 Å². The Balaban J connectivity index is 1.24. The quantitative estimate of drug-likeness (QED) is 0.928. The Kier molecular flexibility index (Phi) is 3.92. The summed E-state index contributed by atoms with van der Waals surface area (Å²) < 4.78 is 5.16. The first-order valence-electron chi connectivity index (χ1n) is 8.90. The van der Waals surface area contributed by atoms with Crippen molar-refractivity contribution in [1.29, 1.82) is 0 Å². The Morgan fingerprint density at radius 3 is 2.43 bits per heavy atom. The third-order valence-corrected chi connectivity index (χ3v) is 6.27. The molecule has 4 nitrogen and oxygen atoms in total. The van der Waals surface area contributed by atoms with Crippen molar-refractivity contribution in [2.45, 2.75) is 25.7 Å². The number of likely N-dealkylation sites (tertiary alicyclic amines) is 1. The first-order chi connectivity index (χ1) is 11.2. The molecular weight excluding hydrogens is 288 g/mol. The molecule has 1 aliphatic heterocycles. The fourth-order valence-electron chi connectivity index (χ4n) is 5.07. The highest BCUT2D eigenvalue weighted by Gasteiger charge is 2.52. The molecule has 124 valence electrons. The molecule has 4 heteroatoms. The van der Waals surface area contributed by atoms with Crippen molar-refractivity contribution < 1.29 is 9.53 Å². The molecule has 0 aromatic heterocycles. The standard InChI is InChI=1S/C19H26N2O2/c1-23-16-6-2-13(3-7-16)8-9-20-19(22)21-11-17-14-4-5-15(10-14)18(17)12-21/h2-3,6-7,14-15,17-18H,4-5,8-12H2,1H3,(H,20,22)/t14-,15+,17-,18+. The Bertz CT molecular complexity index is 553. The zero-order valence-electron chi connectivity index (χ0n) is 13.8. The maximum Gasteiger partial charge on any atom is 0.317 e. The number of hydrogen-bond donors (Lipinski definition) is 1. The molecule has 4 rings (SSSR count). The zero-order valence-corrected chi connectivity index (χ0v) is 13.8. The van der Waals surface area contributed by atoms with Crippen molar-refractivity contribution in [2.75, 3.05) is 26.7 Å². The number of nitrogens with one attached hydrogen (secondary N) is 1. The highest BCUT2D eigenvalue weighted by atomic mass is 16.5. The van der Waals surface area contributed by atoms with Crippen LogP contribution in [0.5, 0.6) is 5.75 Å².